The molecule has 1 amide bonds. The van der Waals surface area contributed by atoms with Gasteiger partial charge in [-0.05, 0) is 30.9 Å². The van der Waals surface area contributed by atoms with Crippen LogP contribution in [0.15, 0.2) is 36.9 Å². The highest BCUT2D eigenvalue weighted by Gasteiger charge is 2.53. The summed E-state index contributed by atoms with van der Waals surface area (Å²) in [5.74, 6) is 0.882. The van der Waals surface area contributed by atoms with Crippen LogP contribution in [0.3, 0.4) is 0 Å². The molecule has 20 heavy (non-hydrogen) atoms. The summed E-state index contributed by atoms with van der Waals surface area (Å²) in [7, 11) is 0. The van der Waals surface area contributed by atoms with Gasteiger partial charge in [0.15, 0.2) is 0 Å². The molecule has 0 bridgehead atoms. The van der Waals surface area contributed by atoms with E-state index >= 15 is 0 Å². The lowest BCUT2D eigenvalue weighted by atomic mass is 9.88. The minimum Gasteiger partial charge on any atom is -0.489 e. The first-order valence-electron chi connectivity index (χ1n) is 6.98. The molecule has 0 aromatic heterocycles. The fourth-order valence-corrected chi connectivity index (χ4v) is 2.73. The largest absolute Gasteiger partial charge is 0.489 e. The van der Waals surface area contributed by atoms with Gasteiger partial charge in [0.1, 0.15) is 18.0 Å². The van der Waals surface area contributed by atoms with Gasteiger partial charge in [-0.1, -0.05) is 24.8 Å². The molecule has 4 heteroatoms. The number of amides is 1. The molecule has 3 rings (SSSR count). The van der Waals surface area contributed by atoms with Gasteiger partial charge in [0, 0.05) is 0 Å². The van der Waals surface area contributed by atoms with Gasteiger partial charge in [-0.3, -0.25) is 4.79 Å². The zero-order chi connectivity index (χ0) is 14.2. The number of β-amino-alcohol motifs (C(OH)–C–C–N with tert-alkyl or cyclic N) is 1. The Labute approximate surface area is 118 Å². The third kappa shape index (κ3) is 2.31. The van der Waals surface area contributed by atoms with E-state index in [9.17, 15) is 9.90 Å². The standard InChI is InChI=1S/C16H19NO3/c1-2-9-20-14-6-4-3-5-13(14)15(18)17-10-16(19,11-17)12-7-8-12/h2-6,12,19H,1,7-11H2. The number of nitrogens with zero attached hydrogens (tertiary/aromatic N) is 1. The molecule has 1 N–H and O–H groups in total. The molecule has 0 radical (unpaired) electrons. The quantitative estimate of drug-likeness (QED) is 0.833. The fraction of sp³-hybridized carbons (Fsp3) is 0.438. The number of aliphatic hydroxyl groups is 1. The summed E-state index contributed by atoms with van der Waals surface area (Å²) < 4.78 is 5.51. The van der Waals surface area contributed by atoms with Crippen molar-refractivity contribution in [3.8, 4) is 5.75 Å². The van der Waals surface area contributed by atoms with E-state index in [4.69, 9.17) is 4.74 Å². The number of likely N-dealkylation sites (tertiary alicyclic amines) is 1. The predicted molar refractivity (Wildman–Crippen MR) is 75.7 cm³/mol. The number of hydrogen-bond acceptors (Lipinski definition) is 3. The van der Waals surface area contributed by atoms with Crippen LogP contribution in [0.2, 0.25) is 0 Å². The maximum absolute atomic E-state index is 12.5. The Balaban J connectivity index is 1.70. The summed E-state index contributed by atoms with van der Waals surface area (Å²) in [6.07, 6.45) is 3.81. The van der Waals surface area contributed by atoms with Crippen molar-refractivity contribution in [1.82, 2.24) is 4.90 Å². The minimum absolute atomic E-state index is 0.0741. The van der Waals surface area contributed by atoms with Gasteiger partial charge in [-0.25, -0.2) is 0 Å². The summed E-state index contributed by atoms with van der Waals surface area (Å²) in [5.41, 5.74) is -0.0979. The summed E-state index contributed by atoms with van der Waals surface area (Å²) in [4.78, 5) is 14.1. The molecule has 2 fully saturated rings. The molecule has 4 nitrogen and oxygen atoms in total. The van der Waals surface area contributed by atoms with Gasteiger partial charge >= 0.3 is 0 Å². The van der Waals surface area contributed by atoms with E-state index in [1.165, 1.54) is 0 Å². The molecule has 106 valence electrons. The number of rotatable bonds is 5. The predicted octanol–water partition coefficient (Wildman–Crippen LogP) is 1.85. The summed E-state index contributed by atoms with van der Waals surface area (Å²) >= 11 is 0. The van der Waals surface area contributed by atoms with E-state index in [1.807, 2.05) is 12.1 Å². The van der Waals surface area contributed by atoms with Crippen molar-refractivity contribution < 1.29 is 14.6 Å². The smallest absolute Gasteiger partial charge is 0.257 e. The molecular formula is C16H19NO3. The van der Waals surface area contributed by atoms with Crippen molar-refractivity contribution in [2.45, 2.75) is 18.4 Å². The van der Waals surface area contributed by atoms with Gasteiger partial charge in [-0.2, -0.15) is 0 Å². The number of benzene rings is 1. The van der Waals surface area contributed by atoms with Gasteiger partial charge in [-0.15, -0.1) is 0 Å². The Kier molecular flexibility index (Phi) is 3.26. The minimum atomic E-state index is -0.646. The molecule has 0 spiro atoms. The molecule has 1 saturated carbocycles. The monoisotopic (exact) mass is 273 g/mol. The average Bonchev–Trinajstić information content (AvgIpc) is 3.26. The molecule has 0 unspecified atom stereocenters. The lowest BCUT2D eigenvalue weighted by Gasteiger charge is -2.47. The second-order valence-electron chi connectivity index (χ2n) is 5.63. The molecule has 1 aromatic carbocycles. The first kappa shape index (κ1) is 13.2. The number of para-hydroxylation sites is 1. The molecule has 1 heterocycles. The Morgan fingerprint density at radius 1 is 1.45 bits per heavy atom. The second-order valence-corrected chi connectivity index (χ2v) is 5.63. The Bertz CT molecular complexity index is 530. The van der Waals surface area contributed by atoms with Crippen LogP contribution in [0.25, 0.3) is 0 Å². The van der Waals surface area contributed by atoms with Gasteiger partial charge in [0.05, 0.1) is 18.7 Å². The summed E-state index contributed by atoms with van der Waals surface area (Å²) in [5, 5.41) is 10.3. The Hall–Kier alpha value is -1.81. The number of carbonyl (C=O) groups excluding carboxylic acids is 1. The van der Waals surface area contributed by atoms with Crippen molar-refractivity contribution in [2.24, 2.45) is 5.92 Å². The third-order valence-corrected chi connectivity index (χ3v) is 4.03. The first-order chi connectivity index (χ1) is 9.64. The molecule has 0 atom stereocenters. The molecule has 1 aliphatic carbocycles. The molecule has 1 aliphatic heterocycles. The highest BCUT2D eigenvalue weighted by Crippen LogP contribution is 2.45. The van der Waals surface area contributed by atoms with Crippen LogP contribution in [0.1, 0.15) is 23.2 Å². The van der Waals surface area contributed by atoms with Crippen LogP contribution in [0.5, 0.6) is 5.75 Å². The lowest BCUT2D eigenvalue weighted by Crippen LogP contribution is -2.64. The zero-order valence-electron chi connectivity index (χ0n) is 11.4. The summed E-state index contributed by atoms with van der Waals surface area (Å²) in [6.45, 7) is 4.85. The van der Waals surface area contributed by atoms with Crippen LogP contribution < -0.4 is 4.74 Å². The normalized spacial score (nSPS) is 20.1. The SMILES string of the molecule is C=CCOc1ccccc1C(=O)N1CC(O)(C2CC2)C1. The van der Waals surface area contributed by atoms with Gasteiger partial charge in [0.25, 0.3) is 5.91 Å². The average molecular weight is 273 g/mol. The zero-order valence-corrected chi connectivity index (χ0v) is 11.4. The van der Waals surface area contributed by atoms with Gasteiger partial charge in [0.2, 0.25) is 0 Å². The van der Waals surface area contributed by atoms with Crippen LogP contribution in [-0.2, 0) is 0 Å². The fourth-order valence-electron chi connectivity index (χ4n) is 2.73. The summed E-state index contributed by atoms with van der Waals surface area (Å²) in [6, 6.07) is 7.20. The molecule has 1 aromatic rings. The second kappa shape index (κ2) is 4.94. The third-order valence-electron chi connectivity index (χ3n) is 4.03. The Morgan fingerprint density at radius 3 is 2.80 bits per heavy atom. The van der Waals surface area contributed by atoms with Crippen molar-refractivity contribution in [3.05, 3.63) is 42.5 Å². The number of carbonyl (C=O) groups is 1. The lowest BCUT2D eigenvalue weighted by molar-refractivity contribution is -0.0958. The van der Waals surface area contributed by atoms with Crippen molar-refractivity contribution in [2.75, 3.05) is 19.7 Å². The van der Waals surface area contributed by atoms with E-state index in [1.54, 1.807) is 23.1 Å². The maximum atomic E-state index is 12.5. The molecule has 1 saturated heterocycles. The Morgan fingerprint density at radius 2 is 2.15 bits per heavy atom. The highest BCUT2D eigenvalue weighted by atomic mass is 16.5. The first-order valence-corrected chi connectivity index (χ1v) is 6.98. The van der Waals surface area contributed by atoms with Crippen LogP contribution in [0.4, 0.5) is 0 Å². The molecule has 2 aliphatic rings. The highest BCUT2D eigenvalue weighted by molar-refractivity contribution is 5.97. The topological polar surface area (TPSA) is 49.8 Å². The van der Waals surface area contributed by atoms with Crippen molar-refractivity contribution >= 4 is 5.91 Å². The van der Waals surface area contributed by atoms with Crippen LogP contribution >= 0.6 is 0 Å². The van der Waals surface area contributed by atoms with E-state index in [0.717, 1.165) is 12.8 Å². The van der Waals surface area contributed by atoms with E-state index in [-0.39, 0.29) is 5.91 Å². The van der Waals surface area contributed by atoms with Crippen molar-refractivity contribution in [3.63, 3.8) is 0 Å². The number of ether oxygens (including phenoxy) is 1. The van der Waals surface area contributed by atoms with Crippen LogP contribution in [-0.4, -0.2) is 41.2 Å². The molecular weight excluding hydrogens is 254 g/mol. The van der Waals surface area contributed by atoms with Gasteiger partial charge < -0.3 is 14.7 Å². The van der Waals surface area contributed by atoms with Crippen molar-refractivity contribution in [1.29, 1.82) is 0 Å². The maximum Gasteiger partial charge on any atom is 0.257 e. The van der Waals surface area contributed by atoms with E-state index in [0.29, 0.717) is 36.9 Å². The van der Waals surface area contributed by atoms with Crippen LogP contribution in [0, 0.1) is 5.92 Å². The van der Waals surface area contributed by atoms with E-state index < -0.39 is 5.60 Å². The van der Waals surface area contributed by atoms with E-state index in [2.05, 4.69) is 6.58 Å². The number of hydrogen-bond donors (Lipinski definition) is 1.